The van der Waals surface area contributed by atoms with Crippen LogP contribution in [0.3, 0.4) is 0 Å². The third kappa shape index (κ3) is 3.74. The van der Waals surface area contributed by atoms with Gasteiger partial charge < -0.3 is 15.7 Å². The van der Waals surface area contributed by atoms with E-state index in [2.05, 4.69) is 4.90 Å². The van der Waals surface area contributed by atoms with Crippen molar-refractivity contribution >= 4 is 5.69 Å². The van der Waals surface area contributed by atoms with Gasteiger partial charge in [-0.3, -0.25) is 0 Å². The summed E-state index contributed by atoms with van der Waals surface area (Å²) in [5.41, 5.74) is 8.49. The fourth-order valence-electron chi connectivity index (χ4n) is 3.30. The van der Waals surface area contributed by atoms with E-state index in [9.17, 15) is 9.50 Å². The molecule has 0 spiro atoms. The maximum atomic E-state index is 13.9. The SMILES string of the molecule is Cc1cc(N(CCO)C2CCCCC2)c(C(C)N)cc1F. The number of aryl methyl sites for hydroxylation is 1. The van der Waals surface area contributed by atoms with Gasteiger partial charge in [-0.25, -0.2) is 4.39 Å². The van der Waals surface area contributed by atoms with E-state index in [1.54, 1.807) is 13.0 Å². The molecule has 0 amide bonds. The Bertz CT molecular complexity index is 470. The maximum Gasteiger partial charge on any atom is 0.126 e. The minimum absolute atomic E-state index is 0.102. The molecule has 0 saturated heterocycles. The van der Waals surface area contributed by atoms with Gasteiger partial charge in [0.2, 0.25) is 0 Å². The summed E-state index contributed by atoms with van der Waals surface area (Å²) in [6.07, 6.45) is 6.00. The van der Waals surface area contributed by atoms with Crippen LogP contribution in [0.1, 0.15) is 56.2 Å². The van der Waals surface area contributed by atoms with Crippen molar-refractivity contribution in [2.45, 2.75) is 58.0 Å². The number of hydrogen-bond acceptors (Lipinski definition) is 3. The van der Waals surface area contributed by atoms with Crippen molar-refractivity contribution in [3.05, 3.63) is 29.1 Å². The Labute approximate surface area is 126 Å². The van der Waals surface area contributed by atoms with Crippen LogP contribution in [0.5, 0.6) is 0 Å². The maximum absolute atomic E-state index is 13.9. The largest absolute Gasteiger partial charge is 0.395 e. The molecular weight excluding hydrogens is 267 g/mol. The molecule has 21 heavy (non-hydrogen) atoms. The fraction of sp³-hybridized carbons (Fsp3) is 0.647. The van der Waals surface area contributed by atoms with Crippen LogP contribution in [0, 0.1) is 12.7 Å². The van der Waals surface area contributed by atoms with E-state index in [0.717, 1.165) is 24.1 Å². The summed E-state index contributed by atoms with van der Waals surface area (Å²) in [5.74, 6) is -0.210. The lowest BCUT2D eigenvalue weighted by molar-refractivity contribution is 0.289. The number of aliphatic hydroxyl groups excluding tert-OH is 1. The molecule has 1 aliphatic rings. The minimum atomic E-state index is -0.222. The van der Waals surface area contributed by atoms with Crippen molar-refractivity contribution in [2.75, 3.05) is 18.1 Å². The average molecular weight is 294 g/mol. The van der Waals surface area contributed by atoms with Gasteiger partial charge in [0.25, 0.3) is 0 Å². The molecule has 1 aliphatic carbocycles. The molecular formula is C17H27FN2O. The highest BCUT2D eigenvalue weighted by molar-refractivity contribution is 5.58. The van der Waals surface area contributed by atoms with Crippen molar-refractivity contribution in [1.82, 2.24) is 0 Å². The molecule has 1 fully saturated rings. The van der Waals surface area contributed by atoms with E-state index in [-0.39, 0.29) is 18.5 Å². The third-order valence-corrected chi connectivity index (χ3v) is 4.46. The molecule has 1 unspecified atom stereocenters. The normalized spacial score (nSPS) is 17.8. The molecule has 0 aromatic heterocycles. The quantitative estimate of drug-likeness (QED) is 0.876. The standard InChI is InChI=1S/C17H27FN2O/c1-12-10-17(15(13(2)19)11-16(12)18)20(8-9-21)14-6-4-3-5-7-14/h10-11,13-14,21H,3-9,19H2,1-2H3. The van der Waals surface area contributed by atoms with Crippen molar-refractivity contribution < 1.29 is 9.50 Å². The number of nitrogens with two attached hydrogens (primary N) is 1. The number of aliphatic hydroxyl groups is 1. The lowest BCUT2D eigenvalue weighted by Crippen LogP contribution is -2.40. The molecule has 1 atom stereocenters. The smallest absolute Gasteiger partial charge is 0.126 e. The Morgan fingerprint density at radius 1 is 1.33 bits per heavy atom. The first-order chi connectivity index (χ1) is 10.0. The van der Waals surface area contributed by atoms with Crippen LogP contribution < -0.4 is 10.6 Å². The molecule has 2 rings (SSSR count). The number of nitrogens with zero attached hydrogens (tertiary/aromatic N) is 1. The second-order valence-corrected chi connectivity index (χ2v) is 6.16. The van der Waals surface area contributed by atoms with Gasteiger partial charge in [0.05, 0.1) is 6.61 Å². The zero-order valence-electron chi connectivity index (χ0n) is 13.1. The number of halogens is 1. The first-order valence-electron chi connectivity index (χ1n) is 7.97. The summed E-state index contributed by atoms with van der Waals surface area (Å²) >= 11 is 0. The second-order valence-electron chi connectivity index (χ2n) is 6.16. The zero-order chi connectivity index (χ0) is 15.4. The van der Waals surface area contributed by atoms with E-state index < -0.39 is 0 Å². The van der Waals surface area contributed by atoms with Gasteiger partial charge in [-0.15, -0.1) is 0 Å². The van der Waals surface area contributed by atoms with E-state index in [4.69, 9.17) is 5.73 Å². The summed E-state index contributed by atoms with van der Waals surface area (Å²) in [6, 6.07) is 3.65. The van der Waals surface area contributed by atoms with Crippen LogP contribution in [0.2, 0.25) is 0 Å². The van der Waals surface area contributed by atoms with Gasteiger partial charge in [-0.1, -0.05) is 19.3 Å². The third-order valence-electron chi connectivity index (χ3n) is 4.46. The average Bonchev–Trinajstić information content (AvgIpc) is 2.48. The van der Waals surface area contributed by atoms with E-state index in [0.29, 0.717) is 18.2 Å². The summed E-state index contributed by atoms with van der Waals surface area (Å²) in [5, 5.41) is 9.44. The lowest BCUT2D eigenvalue weighted by atomic mass is 9.92. The van der Waals surface area contributed by atoms with Gasteiger partial charge in [0.1, 0.15) is 5.82 Å². The van der Waals surface area contributed by atoms with Crippen molar-refractivity contribution in [3.63, 3.8) is 0 Å². The molecule has 0 radical (unpaired) electrons. The molecule has 1 saturated carbocycles. The Morgan fingerprint density at radius 3 is 2.57 bits per heavy atom. The van der Waals surface area contributed by atoms with E-state index in [1.165, 1.54) is 19.3 Å². The molecule has 0 heterocycles. The highest BCUT2D eigenvalue weighted by atomic mass is 19.1. The predicted octanol–water partition coefficient (Wildman–Crippen LogP) is 3.29. The monoisotopic (exact) mass is 294 g/mol. The summed E-state index contributed by atoms with van der Waals surface area (Å²) < 4.78 is 13.9. The topological polar surface area (TPSA) is 49.5 Å². The number of hydrogen-bond donors (Lipinski definition) is 2. The molecule has 1 aromatic rings. The molecule has 0 bridgehead atoms. The number of benzene rings is 1. The molecule has 1 aromatic carbocycles. The zero-order valence-corrected chi connectivity index (χ0v) is 13.1. The highest BCUT2D eigenvalue weighted by Crippen LogP contribution is 2.33. The van der Waals surface area contributed by atoms with Gasteiger partial charge in [-0.2, -0.15) is 0 Å². The van der Waals surface area contributed by atoms with Crippen LogP contribution in [-0.2, 0) is 0 Å². The molecule has 3 nitrogen and oxygen atoms in total. The fourth-order valence-corrected chi connectivity index (χ4v) is 3.30. The number of anilines is 1. The van der Waals surface area contributed by atoms with Gasteiger partial charge >= 0.3 is 0 Å². The summed E-state index contributed by atoms with van der Waals surface area (Å²) in [4.78, 5) is 2.24. The number of rotatable bonds is 5. The van der Waals surface area contributed by atoms with Crippen molar-refractivity contribution in [3.8, 4) is 0 Å². The van der Waals surface area contributed by atoms with E-state index in [1.807, 2.05) is 13.0 Å². The first kappa shape index (κ1) is 16.2. The van der Waals surface area contributed by atoms with Crippen LogP contribution in [0.15, 0.2) is 12.1 Å². The van der Waals surface area contributed by atoms with Crippen LogP contribution >= 0.6 is 0 Å². The molecule has 118 valence electrons. The van der Waals surface area contributed by atoms with Crippen LogP contribution in [-0.4, -0.2) is 24.3 Å². The highest BCUT2D eigenvalue weighted by Gasteiger charge is 2.24. The van der Waals surface area contributed by atoms with Crippen molar-refractivity contribution in [1.29, 1.82) is 0 Å². The Morgan fingerprint density at radius 2 is 2.00 bits per heavy atom. The van der Waals surface area contributed by atoms with Gasteiger partial charge in [-0.05, 0) is 49.9 Å². The molecule has 0 aliphatic heterocycles. The second kappa shape index (κ2) is 7.23. The van der Waals surface area contributed by atoms with E-state index >= 15 is 0 Å². The van der Waals surface area contributed by atoms with Crippen LogP contribution in [0.25, 0.3) is 0 Å². The Hall–Kier alpha value is -1.13. The van der Waals surface area contributed by atoms with Crippen LogP contribution in [0.4, 0.5) is 10.1 Å². The molecule has 4 heteroatoms. The lowest BCUT2D eigenvalue weighted by Gasteiger charge is -2.37. The minimum Gasteiger partial charge on any atom is -0.395 e. The summed E-state index contributed by atoms with van der Waals surface area (Å²) in [6.45, 7) is 4.34. The van der Waals surface area contributed by atoms with Crippen molar-refractivity contribution in [2.24, 2.45) is 5.73 Å². The van der Waals surface area contributed by atoms with Gasteiger partial charge in [0.15, 0.2) is 0 Å². The Kier molecular flexibility index (Phi) is 5.59. The first-order valence-corrected chi connectivity index (χ1v) is 7.97. The van der Waals surface area contributed by atoms with Gasteiger partial charge in [0, 0.05) is 24.3 Å². The summed E-state index contributed by atoms with van der Waals surface area (Å²) in [7, 11) is 0. The molecule has 3 N–H and O–H groups in total. The predicted molar refractivity (Wildman–Crippen MR) is 85.0 cm³/mol. The Balaban J connectivity index is 2.40.